The molecule has 0 bridgehead atoms. The molecule has 2 atom stereocenters. The second-order valence-corrected chi connectivity index (χ2v) is 11.2. The number of alkyl halides is 3. The zero-order valence-corrected chi connectivity index (χ0v) is 21.7. The van der Waals surface area contributed by atoms with Crippen molar-refractivity contribution in [2.75, 3.05) is 13.6 Å². The van der Waals surface area contributed by atoms with Gasteiger partial charge < -0.3 is 10.6 Å². The van der Waals surface area contributed by atoms with Crippen molar-refractivity contribution in [1.82, 2.24) is 19.8 Å². The summed E-state index contributed by atoms with van der Waals surface area (Å²) in [4.78, 5) is 14.5. The summed E-state index contributed by atoms with van der Waals surface area (Å²) in [6.45, 7) is 1.17. The third-order valence-electron chi connectivity index (χ3n) is 6.07. The van der Waals surface area contributed by atoms with Gasteiger partial charge in [0, 0.05) is 44.8 Å². The van der Waals surface area contributed by atoms with Crippen LogP contribution in [0.4, 0.5) is 13.2 Å². The molecule has 3 heterocycles. The van der Waals surface area contributed by atoms with Gasteiger partial charge in [-0.1, -0.05) is 60.3 Å². The highest BCUT2D eigenvalue weighted by atomic mass is 32.2. The van der Waals surface area contributed by atoms with Crippen LogP contribution in [-0.2, 0) is 19.1 Å². The van der Waals surface area contributed by atoms with Gasteiger partial charge in [-0.25, -0.2) is 4.98 Å². The summed E-state index contributed by atoms with van der Waals surface area (Å²) in [6.07, 6.45) is 1.64. The average Bonchev–Trinajstić information content (AvgIpc) is 3.47. The largest absolute Gasteiger partial charge is 0.416 e. The molecule has 0 aliphatic carbocycles. The fraction of sp³-hybridized carbons (Fsp3) is 0.259. The SMILES string of the molecule is CN1C=C(c2nc3ccncc3s2)SC1N(Cc1ccccc1)C[C@@H](N)Cc1cccc(C(F)(F)F)c1. The minimum atomic E-state index is -4.37. The van der Waals surface area contributed by atoms with E-state index in [1.807, 2.05) is 37.5 Å². The van der Waals surface area contributed by atoms with E-state index in [2.05, 4.69) is 33.1 Å². The highest BCUT2D eigenvalue weighted by molar-refractivity contribution is 8.09. The first-order valence-electron chi connectivity index (χ1n) is 11.8. The molecule has 1 aliphatic heterocycles. The van der Waals surface area contributed by atoms with Crippen molar-refractivity contribution < 1.29 is 13.2 Å². The molecule has 2 N–H and O–H groups in total. The Morgan fingerprint density at radius 2 is 1.86 bits per heavy atom. The monoisotopic (exact) mass is 541 g/mol. The number of halogens is 3. The fourth-order valence-corrected chi connectivity index (χ4v) is 6.64. The van der Waals surface area contributed by atoms with Crippen molar-refractivity contribution in [3.63, 3.8) is 0 Å². The molecule has 2 aromatic heterocycles. The molecule has 5 rings (SSSR count). The van der Waals surface area contributed by atoms with Gasteiger partial charge in [0.15, 0.2) is 0 Å². The Labute approximate surface area is 221 Å². The highest BCUT2D eigenvalue weighted by Crippen LogP contribution is 2.43. The molecule has 0 saturated heterocycles. The lowest BCUT2D eigenvalue weighted by molar-refractivity contribution is -0.137. The molecule has 0 fully saturated rings. The Bertz CT molecular complexity index is 1360. The average molecular weight is 542 g/mol. The van der Waals surface area contributed by atoms with E-state index in [1.54, 1.807) is 35.4 Å². The molecule has 1 unspecified atom stereocenters. The number of rotatable bonds is 8. The van der Waals surface area contributed by atoms with Crippen LogP contribution in [0.2, 0.25) is 0 Å². The first kappa shape index (κ1) is 25.7. The van der Waals surface area contributed by atoms with Gasteiger partial charge in [-0.15, -0.1) is 11.3 Å². The van der Waals surface area contributed by atoms with Crippen molar-refractivity contribution in [3.05, 3.63) is 101 Å². The molecule has 0 amide bonds. The van der Waals surface area contributed by atoms with E-state index >= 15 is 0 Å². The molecular weight excluding hydrogens is 515 g/mol. The predicted molar refractivity (Wildman–Crippen MR) is 145 cm³/mol. The lowest BCUT2D eigenvalue weighted by atomic mass is 10.0. The number of thiazole rings is 1. The number of thioether (sulfide) groups is 1. The third-order valence-corrected chi connectivity index (χ3v) is 8.63. The number of fused-ring (bicyclic) bond motifs is 1. The van der Waals surface area contributed by atoms with E-state index in [0.29, 0.717) is 25.1 Å². The minimum Gasteiger partial charge on any atom is -0.355 e. The lowest BCUT2D eigenvalue weighted by Gasteiger charge is -2.35. The number of pyridine rings is 1. The fourth-order valence-electron chi connectivity index (χ4n) is 4.39. The summed E-state index contributed by atoms with van der Waals surface area (Å²) < 4.78 is 40.6. The van der Waals surface area contributed by atoms with E-state index in [4.69, 9.17) is 10.7 Å². The summed E-state index contributed by atoms with van der Waals surface area (Å²) in [5, 5.41) is 0.940. The third kappa shape index (κ3) is 6.15. The zero-order chi connectivity index (χ0) is 26.0. The van der Waals surface area contributed by atoms with E-state index in [1.165, 1.54) is 12.1 Å². The van der Waals surface area contributed by atoms with Crippen LogP contribution in [0.3, 0.4) is 0 Å². The Kier molecular flexibility index (Phi) is 7.52. The summed E-state index contributed by atoms with van der Waals surface area (Å²) in [6, 6.07) is 17.1. The summed E-state index contributed by atoms with van der Waals surface area (Å²) in [5.74, 6) is 0. The maximum atomic E-state index is 13.2. The lowest BCUT2D eigenvalue weighted by Crippen LogP contribution is -2.46. The van der Waals surface area contributed by atoms with Crippen LogP contribution in [0, 0.1) is 0 Å². The first-order chi connectivity index (χ1) is 17.8. The molecule has 10 heteroatoms. The number of nitrogens with zero attached hydrogens (tertiary/aromatic N) is 4. The molecule has 0 spiro atoms. The topological polar surface area (TPSA) is 58.3 Å². The number of aromatic nitrogens is 2. The van der Waals surface area contributed by atoms with Crippen molar-refractivity contribution >= 4 is 38.2 Å². The zero-order valence-electron chi connectivity index (χ0n) is 20.1. The van der Waals surface area contributed by atoms with Crippen LogP contribution in [-0.4, -0.2) is 44.9 Å². The second-order valence-electron chi connectivity index (χ2n) is 9.04. The number of hydrogen-bond donors (Lipinski definition) is 1. The molecule has 0 radical (unpaired) electrons. The van der Waals surface area contributed by atoms with Crippen LogP contribution in [0.5, 0.6) is 0 Å². The van der Waals surface area contributed by atoms with E-state index in [0.717, 1.165) is 31.8 Å². The highest BCUT2D eigenvalue weighted by Gasteiger charge is 2.33. The molecule has 0 saturated carbocycles. The summed E-state index contributed by atoms with van der Waals surface area (Å²) in [7, 11) is 2.02. The van der Waals surface area contributed by atoms with E-state index in [9.17, 15) is 13.2 Å². The second kappa shape index (κ2) is 10.8. The maximum absolute atomic E-state index is 13.2. The molecule has 2 aromatic carbocycles. The summed E-state index contributed by atoms with van der Waals surface area (Å²) >= 11 is 3.31. The van der Waals surface area contributed by atoms with Gasteiger partial charge in [0.05, 0.1) is 20.7 Å². The number of benzene rings is 2. The van der Waals surface area contributed by atoms with Crippen LogP contribution in [0.1, 0.15) is 21.7 Å². The Hall–Kier alpha value is -2.92. The Morgan fingerprint density at radius 3 is 2.62 bits per heavy atom. The van der Waals surface area contributed by atoms with Crippen LogP contribution < -0.4 is 5.73 Å². The minimum absolute atomic E-state index is 0.0343. The van der Waals surface area contributed by atoms with Gasteiger partial charge in [-0.05, 0) is 29.7 Å². The molecule has 192 valence electrons. The Morgan fingerprint density at radius 1 is 1.08 bits per heavy atom. The normalized spacial score (nSPS) is 17.0. The maximum Gasteiger partial charge on any atom is 0.416 e. The van der Waals surface area contributed by atoms with Crippen molar-refractivity contribution in [2.45, 2.75) is 30.7 Å². The molecular formula is C27H26F3N5S2. The van der Waals surface area contributed by atoms with Gasteiger partial charge in [0.2, 0.25) is 0 Å². The van der Waals surface area contributed by atoms with Crippen molar-refractivity contribution in [2.24, 2.45) is 5.73 Å². The van der Waals surface area contributed by atoms with Gasteiger partial charge in [0.1, 0.15) is 10.5 Å². The number of hydrogen-bond acceptors (Lipinski definition) is 7. The van der Waals surface area contributed by atoms with Crippen molar-refractivity contribution in [1.29, 1.82) is 0 Å². The molecule has 37 heavy (non-hydrogen) atoms. The number of nitrogens with two attached hydrogens (primary N) is 1. The summed E-state index contributed by atoms with van der Waals surface area (Å²) in [5.41, 5.74) is 8.51. The van der Waals surface area contributed by atoms with Gasteiger partial charge >= 0.3 is 6.18 Å². The predicted octanol–water partition coefficient (Wildman–Crippen LogP) is 6.04. The van der Waals surface area contributed by atoms with Crippen LogP contribution >= 0.6 is 23.1 Å². The Balaban J connectivity index is 1.34. The van der Waals surface area contributed by atoms with Gasteiger partial charge in [-0.3, -0.25) is 9.88 Å². The van der Waals surface area contributed by atoms with Gasteiger partial charge in [0.25, 0.3) is 0 Å². The smallest absolute Gasteiger partial charge is 0.355 e. The van der Waals surface area contributed by atoms with E-state index in [-0.39, 0.29) is 11.5 Å². The molecule has 4 aromatic rings. The quantitative estimate of drug-likeness (QED) is 0.293. The molecule has 5 nitrogen and oxygen atoms in total. The van der Waals surface area contributed by atoms with Crippen LogP contribution in [0.25, 0.3) is 15.1 Å². The molecule has 1 aliphatic rings. The standard InChI is InChI=1S/C27H26F3N5S2/c1-34-17-24(25-33-22-10-11-32-14-23(22)36-25)37-26(34)35(15-18-6-3-2-4-7-18)16-21(31)13-19-8-5-9-20(12-19)27(28,29)30/h2-12,14,17,21,26H,13,15-16,31H2,1H3/t21-,26?/m0/s1. The van der Waals surface area contributed by atoms with Crippen LogP contribution in [0.15, 0.2) is 79.3 Å². The van der Waals surface area contributed by atoms with E-state index < -0.39 is 11.7 Å². The van der Waals surface area contributed by atoms with Gasteiger partial charge in [-0.2, -0.15) is 13.2 Å². The van der Waals surface area contributed by atoms with Crippen molar-refractivity contribution in [3.8, 4) is 0 Å². The first-order valence-corrected chi connectivity index (χ1v) is 13.5.